The van der Waals surface area contributed by atoms with E-state index in [1.54, 1.807) is 6.07 Å². The molecule has 0 aliphatic heterocycles. The van der Waals surface area contributed by atoms with Gasteiger partial charge in [-0.2, -0.15) is 0 Å². The van der Waals surface area contributed by atoms with E-state index in [9.17, 15) is 10.1 Å². The molecule has 1 aromatic heterocycles. The molecule has 2 aromatic rings. The molecule has 0 saturated carbocycles. The van der Waals surface area contributed by atoms with Crippen molar-refractivity contribution in [1.29, 1.82) is 0 Å². The van der Waals surface area contributed by atoms with Crippen molar-refractivity contribution in [1.82, 2.24) is 15.0 Å². The summed E-state index contributed by atoms with van der Waals surface area (Å²) in [5.41, 5.74) is 6.80. The van der Waals surface area contributed by atoms with Crippen LogP contribution in [0.2, 0.25) is 0 Å². The molecule has 0 saturated heterocycles. The van der Waals surface area contributed by atoms with Crippen molar-refractivity contribution in [3.63, 3.8) is 0 Å². The summed E-state index contributed by atoms with van der Waals surface area (Å²) in [7, 11) is 0. The van der Waals surface area contributed by atoms with E-state index in [0.29, 0.717) is 21.7 Å². The number of halogens is 1. The summed E-state index contributed by atoms with van der Waals surface area (Å²) >= 11 is 3.37. The van der Waals surface area contributed by atoms with Crippen molar-refractivity contribution in [3.8, 4) is 5.69 Å². The standard InChI is InChI=1S/C12H14BrN5O2/c1-12(2,3)10-11(14)15-16-17(10)9-6-7(18(19)20)4-5-8(9)13/h4-6H,14H2,1-3H3. The minimum Gasteiger partial charge on any atom is -0.381 e. The Morgan fingerprint density at radius 3 is 2.60 bits per heavy atom. The third-order valence-electron chi connectivity index (χ3n) is 2.78. The topological polar surface area (TPSA) is 99.9 Å². The molecule has 0 spiro atoms. The third kappa shape index (κ3) is 2.51. The Morgan fingerprint density at radius 2 is 2.05 bits per heavy atom. The SMILES string of the molecule is CC(C)(C)c1c(N)nnn1-c1cc([N+](=O)[O-])ccc1Br. The lowest BCUT2D eigenvalue weighted by atomic mass is 9.91. The number of nitrogens with two attached hydrogens (primary N) is 1. The molecule has 8 heteroatoms. The van der Waals surface area contributed by atoms with Crippen molar-refractivity contribution < 1.29 is 4.92 Å². The van der Waals surface area contributed by atoms with Crippen molar-refractivity contribution in [3.05, 3.63) is 38.5 Å². The van der Waals surface area contributed by atoms with Crippen LogP contribution in [0.1, 0.15) is 26.5 Å². The van der Waals surface area contributed by atoms with Gasteiger partial charge in [0.15, 0.2) is 5.82 Å². The number of benzene rings is 1. The summed E-state index contributed by atoms with van der Waals surface area (Å²) < 4.78 is 2.21. The number of aromatic nitrogens is 3. The Bertz CT molecular complexity index is 675. The first-order valence-corrected chi connectivity index (χ1v) is 6.67. The summed E-state index contributed by atoms with van der Waals surface area (Å²) in [5.74, 6) is 0.316. The van der Waals surface area contributed by atoms with E-state index >= 15 is 0 Å². The van der Waals surface area contributed by atoms with Gasteiger partial charge >= 0.3 is 0 Å². The van der Waals surface area contributed by atoms with Gasteiger partial charge in [0.1, 0.15) is 0 Å². The van der Waals surface area contributed by atoms with Gasteiger partial charge < -0.3 is 5.73 Å². The number of hydrogen-bond donors (Lipinski definition) is 1. The third-order valence-corrected chi connectivity index (χ3v) is 3.45. The van der Waals surface area contributed by atoms with Crippen LogP contribution in [-0.2, 0) is 5.41 Å². The van der Waals surface area contributed by atoms with Crippen molar-refractivity contribution in [2.45, 2.75) is 26.2 Å². The van der Waals surface area contributed by atoms with Crippen LogP contribution < -0.4 is 5.73 Å². The number of nitrogen functional groups attached to an aromatic ring is 1. The normalized spacial score (nSPS) is 11.6. The van der Waals surface area contributed by atoms with Crippen LogP contribution >= 0.6 is 15.9 Å². The zero-order valence-electron chi connectivity index (χ0n) is 11.3. The van der Waals surface area contributed by atoms with E-state index in [2.05, 4.69) is 26.2 Å². The van der Waals surface area contributed by atoms with Gasteiger partial charge in [-0.3, -0.25) is 10.1 Å². The van der Waals surface area contributed by atoms with Gasteiger partial charge in [-0.25, -0.2) is 4.68 Å². The molecular weight excluding hydrogens is 326 g/mol. The van der Waals surface area contributed by atoms with Crippen LogP contribution in [-0.4, -0.2) is 19.9 Å². The fourth-order valence-corrected chi connectivity index (χ4v) is 2.36. The summed E-state index contributed by atoms with van der Waals surface area (Å²) in [6, 6.07) is 4.47. The molecule has 0 bridgehead atoms. The van der Waals surface area contributed by atoms with E-state index in [0.717, 1.165) is 0 Å². The fraction of sp³-hybridized carbons (Fsp3) is 0.333. The molecule has 0 radical (unpaired) electrons. The second-order valence-corrected chi connectivity index (χ2v) is 6.23. The van der Waals surface area contributed by atoms with Gasteiger partial charge in [-0.05, 0) is 22.0 Å². The van der Waals surface area contributed by atoms with Gasteiger partial charge in [0.25, 0.3) is 5.69 Å². The average Bonchev–Trinajstić information content (AvgIpc) is 2.71. The number of nitrogens with zero attached hydrogens (tertiary/aromatic N) is 4. The molecule has 0 unspecified atom stereocenters. The van der Waals surface area contributed by atoms with Gasteiger partial charge in [-0.1, -0.05) is 26.0 Å². The molecule has 0 aliphatic carbocycles. The van der Waals surface area contributed by atoms with Gasteiger partial charge in [-0.15, -0.1) is 5.10 Å². The summed E-state index contributed by atoms with van der Waals surface area (Å²) in [4.78, 5) is 10.5. The molecule has 2 N–H and O–H groups in total. The summed E-state index contributed by atoms with van der Waals surface area (Å²) in [5, 5.41) is 18.8. The highest BCUT2D eigenvalue weighted by Crippen LogP contribution is 2.32. The van der Waals surface area contributed by atoms with Crippen LogP contribution in [0.3, 0.4) is 0 Å². The van der Waals surface area contributed by atoms with Gasteiger partial charge in [0.2, 0.25) is 0 Å². The largest absolute Gasteiger partial charge is 0.381 e. The minimum absolute atomic E-state index is 0.0165. The predicted molar refractivity (Wildman–Crippen MR) is 78.8 cm³/mol. The van der Waals surface area contributed by atoms with E-state index in [1.807, 2.05) is 20.8 Å². The Hall–Kier alpha value is -1.96. The second kappa shape index (κ2) is 4.86. The van der Waals surface area contributed by atoms with Crippen LogP contribution in [0.15, 0.2) is 22.7 Å². The fourth-order valence-electron chi connectivity index (χ4n) is 1.94. The number of non-ortho nitro benzene ring substituents is 1. The first-order chi connectivity index (χ1) is 9.21. The maximum Gasteiger partial charge on any atom is 0.271 e. The van der Waals surface area contributed by atoms with E-state index < -0.39 is 4.92 Å². The Labute approximate surface area is 124 Å². The molecule has 20 heavy (non-hydrogen) atoms. The monoisotopic (exact) mass is 339 g/mol. The molecule has 1 heterocycles. The first kappa shape index (κ1) is 14.4. The van der Waals surface area contributed by atoms with Gasteiger partial charge in [0, 0.05) is 22.0 Å². The average molecular weight is 340 g/mol. The molecule has 1 aromatic carbocycles. The predicted octanol–water partition coefficient (Wildman–Crippen LogP) is 2.82. The minimum atomic E-state index is -0.451. The highest BCUT2D eigenvalue weighted by Gasteiger charge is 2.26. The Kier molecular flexibility index (Phi) is 3.51. The zero-order valence-corrected chi connectivity index (χ0v) is 12.9. The quantitative estimate of drug-likeness (QED) is 0.669. The van der Waals surface area contributed by atoms with E-state index in [4.69, 9.17) is 5.73 Å². The lowest BCUT2D eigenvalue weighted by Gasteiger charge is -2.20. The second-order valence-electron chi connectivity index (χ2n) is 5.38. The van der Waals surface area contributed by atoms with Crippen LogP contribution in [0.5, 0.6) is 0 Å². The number of rotatable bonds is 2. The van der Waals surface area contributed by atoms with Crippen LogP contribution in [0.25, 0.3) is 5.69 Å². The van der Waals surface area contributed by atoms with E-state index in [-0.39, 0.29) is 11.1 Å². The lowest BCUT2D eigenvalue weighted by Crippen LogP contribution is -2.19. The number of nitro groups is 1. The molecule has 2 rings (SSSR count). The highest BCUT2D eigenvalue weighted by atomic mass is 79.9. The van der Waals surface area contributed by atoms with Crippen molar-refractivity contribution in [2.75, 3.05) is 5.73 Å². The number of anilines is 1. The summed E-state index contributed by atoms with van der Waals surface area (Å²) in [6.45, 7) is 5.93. The van der Waals surface area contributed by atoms with Crippen LogP contribution in [0.4, 0.5) is 11.5 Å². The molecule has 0 atom stereocenters. The zero-order chi connectivity index (χ0) is 15.1. The van der Waals surface area contributed by atoms with Crippen LogP contribution in [0, 0.1) is 10.1 Å². The molecule has 0 amide bonds. The number of hydrogen-bond acceptors (Lipinski definition) is 5. The summed E-state index contributed by atoms with van der Waals surface area (Å²) in [6.07, 6.45) is 0. The first-order valence-electron chi connectivity index (χ1n) is 5.88. The Balaban J connectivity index is 2.69. The molecule has 7 nitrogen and oxygen atoms in total. The smallest absolute Gasteiger partial charge is 0.271 e. The molecule has 106 valence electrons. The molecule has 0 aliphatic rings. The molecular formula is C12H14BrN5O2. The highest BCUT2D eigenvalue weighted by molar-refractivity contribution is 9.10. The van der Waals surface area contributed by atoms with E-state index in [1.165, 1.54) is 16.8 Å². The maximum atomic E-state index is 10.9. The van der Waals surface area contributed by atoms with Crippen molar-refractivity contribution in [2.24, 2.45) is 0 Å². The van der Waals surface area contributed by atoms with Gasteiger partial charge in [0.05, 0.1) is 16.3 Å². The molecule has 0 fully saturated rings. The lowest BCUT2D eigenvalue weighted by molar-refractivity contribution is -0.384. The van der Waals surface area contributed by atoms with Crippen molar-refractivity contribution >= 4 is 27.4 Å². The number of nitro benzene ring substituents is 1. The Morgan fingerprint density at radius 1 is 1.40 bits per heavy atom. The maximum absolute atomic E-state index is 10.9.